The Balaban J connectivity index is 1.96. The number of rotatable bonds is 5. The maximum atomic E-state index is 13.5. The second-order valence-corrected chi connectivity index (χ2v) is 5.19. The van der Waals surface area contributed by atoms with Gasteiger partial charge in [0.05, 0.1) is 6.54 Å². The number of hydrogen-bond donors (Lipinski definition) is 2. The summed E-state index contributed by atoms with van der Waals surface area (Å²) in [6, 6.07) is 3.87. The SMILES string of the molecule is CCN(CC(=O)Nc1c(F)cccc1F)C1CCNCC1. The zero-order valence-electron chi connectivity index (χ0n) is 12.2. The van der Waals surface area contributed by atoms with E-state index < -0.39 is 11.6 Å². The highest BCUT2D eigenvalue weighted by atomic mass is 19.1. The van der Waals surface area contributed by atoms with Crippen LogP contribution < -0.4 is 10.6 Å². The van der Waals surface area contributed by atoms with Crippen LogP contribution >= 0.6 is 0 Å². The number of piperidine rings is 1. The van der Waals surface area contributed by atoms with Crippen LogP contribution in [0, 0.1) is 11.6 Å². The fraction of sp³-hybridized carbons (Fsp3) is 0.533. The van der Waals surface area contributed by atoms with E-state index in [-0.39, 0.29) is 18.1 Å². The summed E-state index contributed by atoms with van der Waals surface area (Å²) in [6.45, 7) is 4.74. The first-order valence-electron chi connectivity index (χ1n) is 7.30. The van der Waals surface area contributed by atoms with Crippen LogP contribution in [0.25, 0.3) is 0 Å². The molecule has 21 heavy (non-hydrogen) atoms. The van der Waals surface area contributed by atoms with E-state index in [0.29, 0.717) is 6.04 Å². The van der Waals surface area contributed by atoms with Crippen molar-refractivity contribution < 1.29 is 13.6 Å². The van der Waals surface area contributed by atoms with Gasteiger partial charge in [-0.25, -0.2) is 8.78 Å². The lowest BCUT2D eigenvalue weighted by atomic mass is 10.0. The molecule has 1 fully saturated rings. The standard InChI is InChI=1S/C15H21F2N3O/c1-2-20(11-6-8-18-9-7-11)10-14(21)19-15-12(16)4-3-5-13(15)17/h3-5,11,18H,2,6-10H2,1H3,(H,19,21). The average molecular weight is 297 g/mol. The predicted molar refractivity (Wildman–Crippen MR) is 78.1 cm³/mol. The number of carbonyl (C=O) groups excluding carboxylic acids is 1. The van der Waals surface area contributed by atoms with E-state index in [0.717, 1.165) is 44.6 Å². The molecular formula is C15H21F2N3O. The molecule has 0 atom stereocenters. The van der Waals surface area contributed by atoms with E-state index in [9.17, 15) is 13.6 Å². The first-order chi connectivity index (χ1) is 10.1. The molecule has 0 bridgehead atoms. The molecule has 6 heteroatoms. The summed E-state index contributed by atoms with van der Waals surface area (Å²) in [5.74, 6) is -1.90. The number of carbonyl (C=O) groups is 1. The Labute approximate surface area is 123 Å². The van der Waals surface area contributed by atoms with E-state index in [1.54, 1.807) is 0 Å². The van der Waals surface area contributed by atoms with Gasteiger partial charge >= 0.3 is 0 Å². The van der Waals surface area contributed by atoms with Crippen molar-refractivity contribution in [3.63, 3.8) is 0 Å². The third-order valence-electron chi connectivity index (χ3n) is 3.81. The highest BCUT2D eigenvalue weighted by molar-refractivity contribution is 5.92. The second kappa shape index (κ2) is 7.47. The van der Waals surface area contributed by atoms with Crippen molar-refractivity contribution in [3.05, 3.63) is 29.8 Å². The van der Waals surface area contributed by atoms with Crippen molar-refractivity contribution in [1.29, 1.82) is 0 Å². The zero-order chi connectivity index (χ0) is 15.2. The zero-order valence-corrected chi connectivity index (χ0v) is 12.2. The summed E-state index contributed by atoms with van der Waals surface area (Å²) in [6.07, 6.45) is 1.96. The smallest absolute Gasteiger partial charge is 0.238 e. The van der Waals surface area contributed by atoms with E-state index in [1.807, 2.05) is 6.92 Å². The first-order valence-corrected chi connectivity index (χ1v) is 7.30. The first kappa shape index (κ1) is 15.9. The largest absolute Gasteiger partial charge is 0.320 e. The maximum absolute atomic E-state index is 13.5. The number of nitrogens with one attached hydrogen (secondary N) is 2. The molecule has 1 saturated heterocycles. The molecule has 4 nitrogen and oxygen atoms in total. The molecule has 0 aliphatic carbocycles. The van der Waals surface area contributed by atoms with Crippen LogP contribution in [0.3, 0.4) is 0 Å². The third kappa shape index (κ3) is 4.22. The molecule has 0 aromatic heterocycles. The van der Waals surface area contributed by atoms with Crippen molar-refractivity contribution in [2.75, 3.05) is 31.5 Å². The number of benzene rings is 1. The minimum Gasteiger partial charge on any atom is -0.320 e. The summed E-state index contributed by atoms with van der Waals surface area (Å²) < 4.78 is 27.0. The van der Waals surface area contributed by atoms with Crippen molar-refractivity contribution in [2.24, 2.45) is 0 Å². The second-order valence-electron chi connectivity index (χ2n) is 5.19. The lowest BCUT2D eigenvalue weighted by Crippen LogP contribution is -2.46. The lowest BCUT2D eigenvalue weighted by molar-refractivity contribution is -0.118. The highest BCUT2D eigenvalue weighted by Crippen LogP contribution is 2.18. The average Bonchev–Trinajstić information content (AvgIpc) is 2.49. The fourth-order valence-corrected chi connectivity index (χ4v) is 2.65. The topological polar surface area (TPSA) is 44.4 Å². The molecule has 1 aliphatic rings. The quantitative estimate of drug-likeness (QED) is 0.873. The Morgan fingerprint density at radius 2 is 1.95 bits per heavy atom. The van der Waals surface area contributed by atoms with Gasteiger partial charge in [-0.15, -0.1) is 0 Å². The molecule has 1 aliphatic heterocycles. The highest BCUT2D eigenvalue weighted by Gasteiger charge is 2.22. The van der Waals surface area contributed by atoms with Crippen LogP contribution in [0.2, 0.25) is 0 Å². The van der Waals surface area contributed by atoms with Gasteiger partial charge in [0.15, 0.2) is 0 Å². The molecule has 1 amide bonds. The van der Waals surface area contributed by atoms with Crippen molar-refractivity contribution in [2.45, 2.75) is 25.8 Å². The van der Waals surface area contributed by atoms with Gasteiger partial charge in [-0.1, -0.05) is 13.0 Å². The minimum absolute atomic E-state index is 0.148. The number of hydrogen-bond acceptors (Lipinski definition) is 3. The Hall–Kier alpha value is -1.53. The monoisotopic (exact) mass is 297 g/mol. The fourth-order valence-electron chi connectivity index (χ4n) is 2.65. The molecule has 2 N–H and O–H groups in total. The van der Waals surface area contributed by atoms with Crippen LogP contribution in [0.5, 0.6) is 0 Å². The van der Waals surface area contributed by atoms with Crippen molar-refractivity contribution >= 4 is 11.6 Å². The van der Waals surface area contributed by atoms with Crippen LogP contribution in [-0.2, 0) is 4.79 Å². The molecule has 1 aromatic rings. The molecule has 1 heterocycles. The number of nitrogens with zero attached hydrogens (tertiary/aromatic N) is 1. The predicted octanol–water partition coefficient (Wildman–Crippen LogP) is 1.98. The van der Waals surface area contributed by atoms with E-state index in [2.05, 4.69) is 15.5 Å². The van der Waals surface area contributed by atoms with Gasteiger partial charge in [-0.05, 0) is 44.6 Å². The van der Waals surface area contributed by atoms with Gasteiger partial charge in [-0.2, -0.15) is 0 Å². The van der Waals surface area contributed by atoms with Gasteiger partial charge in [0.2, 0.25) is 5.91 Å². The van der Waals surface area contributed by atoms with Crippen LogP contribution in [0.4, 0.5) is 14.5 Å². The Morgan fingerprint density at radius 3 is 2.52 bits per heavy atom. The summed E-state index contributed by atoms with van der Waals surface area (Å²) in [5.41, 5.74) is -0.371. The van der Waals surface area contributed by atoms with Crippen LogP contribution in [-0.4, -0.2) is 43.0 Å². The Morgan fingerprint density at radius 1 is 1.33 bits per heavy atom. The number of para-hydroxylation sites is 1. The molecule has 1 aromatic carbocycles. The Kier molecular flexibility index (Phi) is 5.64. The van der Waals surface area contributed by atoms with Crippen molar-refractivity contribution in [3.8, 4) is 0 Å². The van der Waals surface area contributed by atoms with Gasteiger partial charge in [-0.3, -0.25) is 9.69 Å². The summed E-state index contributed by atoms with van der Waals surface area (Å²) in [7, 11) is 0. The van der Waals surface area contributed by atoms with Crippen molar-refractivity contribution in [1.82, 2.24) is 10.2 Å². The molecular weight excluding hydrogens is 276 g/mol. The van der Waals surface area contributed by atoms with Gasteiger partial charge in [0.25, 0.3) is 0 Å². The molecule has 2 rings (SSSR count). The summed E-state index contributed by atoms with van der Waals surface area (Å²) in [5, 5.41) is 5.61. The molecule has 0 unspecified atom stereocenters. The normalized spacial score (nSPS) is 16.2. The van der Waals surface area contributed by atoms with Crippen LogP contribution in [0.15, 0.2) is 18.2 Å². The number of likely N-dealkylation sites (N-methyl/N-ethyl adjacent to an activating group) is 1. The van der Waals surface area contributed by atoms with E-state index in [1.165, 1.54) is 6.07 Å². The third-order valence-corrected chi connectivity index (χ3v) is 3.81. The number of amides is 1. The maximum Gasteiger partial charge on any atom is 0.238 e. The molecule has 0 spiro atoms. The molecule has 116 valence electrons. The van der Waals surface area contributed by atoms with Crippen LogP contribution in [0.1, 0.15) is 19.8 Å². The number of anilines is 1. The summed E-state index contributed by atoms with van der Waals surface area (Å²) >= 11 is 0. The lowest BCUT2D eigenvalue weighted by Gasteiger charge is -2.33. The summed E-state index contributed by atoms with van der Waals surface area (Å²) in [4.78, 5) is 14.1. The van der Waals surface area contributed by atoms with Gasteiger partial charge in [0.1, 0.15) is 17.3 Å². The van der Waals surface area contributed by atoms with Gasteiger partial charge < -0.3 is 10.6 Å². The van der Waals surface area contributed by atoms with E-state index in [4.69, 9.17) is 0 Å². The minimum atomic E-state index is -0.756. The Bertz CT molecular complexity index is 470. The molecule has 0 radical (unpaired) electrons. The van der Waals surface area contributed by atoms with Gasteiger partial charge in [0, 0.05) is 6.04 Å². The molecule has 0 saturated carbocycles. The number of halogens is 2. The van der Waals surface area contributed by atoms with E-state index >= 15 is 0 Å².